The molecule has 2 nitrogen and oxygen atoms in total. The zero-order valence-electron chi connectivity index (χ0n) is 8.71. The maximum Gasteiger partial charge on any atom is 0.0743 e. The molecule has 2 fully saturated rings. The molecule has 0 aliphatic heterocycles. The van der Waals surface area contributed by atoms with E-state index in [4.69, 9.17) is 5.73 Å². The standard InChI is InChI=1S/C11H21NO/c1-3-11(13,9-6-8(9)2)10(7-12)4-5-10/h8-9,13H,3-7,12H2,1-2H3. The molecule has 3 N–H and O–H groups in total. The van der Waals surface area contributed by atoms with Gasteiger partial charge in [-0.05, 0) is 37.5 Å². The Morgan fingerprint density at radius 3 is 2.31 bits per heavy atom. The van der Waals surface area contributed by atoms with Crippen molar-refractivity contribution >= 4 is 0 Å². The Balaban J connectivity index is 2.15. The fourth-order valence-corrected chi connectivity index (χ4v) is 2.98. The van der Waals surface area contributed by atoms with Crippen LogP contribution in [0.5, 0.6) is 0 Å². The van der Waals surface area contributed by atoms with Crippen molar-refractivity contribution in [2.24, 2.45) is 23.0 Å². The summed E-state index contributed by atoms with van der Waals surface area (Å²) in [6, 6.07) is 0. The lowest BCUT2D eigenvalue weighted by molar-refractivity contribution is -0.0566. The van der Waals surface area contributed by atoms with Gasteiger partial charge in [-0.15, -0.1) is 0 Å². The minimum absolute atomic E-state index is 0.0944. The molecule has 2 rings (SSSR count). The fourth-order valence-electron chi connectivity index (χ4n) is 2.98. The monoisotopic (exact) mass is 183 g/mol. The van der Waals surface area contributed by atoms with E-state index in [1.54, 1.807) is 0 Å². The third-order valence-electron chi connectivity index (χ3n) is 4.42. The van der Waals surface area contributed by atoms with E-state index in [1.165, 1.54) is 6.42 Å². The highest BCUT2D eigenvalue weighted by Crippen LogP contribution is 2.63. The lowest BCUT2D eigenvalue weighted by Crippen LogP contribution is -2.45. The molecule has 0 radical (unpaired) electrons. The van der Waals surface area contributed by atoms with Crippen molar-refractivity contribution in [3.63, 3.8) is 0 Å². The fraction of sp³-hybridized carbons (Fsp3) is 1.00. The number of aliphatic hydroxyl groups is 1. The summed E-state index contributed by atoms with van der Waals surface area (Å²) < 4.78 is 0. The SMILES string of the molecule is CCC(O)(C1CC1C)C1(CN)CC1. The Hall–Kier alpha value is -0.0800. The second-order valence-corrected chi connectivity index (χ2v) is 5.08. The first kappa shape index (κ1) is 9.47. The second-order valence-electron chi connectivity index (χ2n) is 5.08. The van der Waals surface area contributed by atoms with Gasteiger partial charge in [0.15, 0.2) is 0 Å². The normalized spacial score (nSPS) is 39.7. The first-order chi connectivity index (χ1) is 6.09. The summed E-state index contributed by atoms with van der Waals surface area (Å²) >= 11 is 0. The van der Waals surface area contributed by atoms with Crippen LogP contribution in [-0.2, 0) is 0 Å². The lowest BCUT2D eigenvalue weighted by Gasteiger charge is -2.36. The summed E-state index contributed by atoms with van der Waals surface area (Å²) in [5, 5.41) is 10.6. The van der Waals surface area contributed by atoms with Gasteiger partial charge in [0.05, 0.1) is 5.60 Å². The third kappa shape index (κ3) is 1.15. The van der Waals surface area contributed by atoms with Crippen molar-refractivity contribution < 1.29 is 5.11 Å². The number of rotatable bonds is 4. The van der Waals surface area contributed by atoms with Gasteiger partial charge in [-0.3, -0.25) is 0 Å². The van der Waals surface area contributed by atoms with Crippen LogP contribution >= 0.6 is 0 Å². The highest BCUT2D eigenvalue weighted by Gasteiger charge is 2.64. The van der Waals surface area contributed by atoms with Crippen LogP contribution in [0.2, 0.25) is 0 Å². The van der Waals surface area contributed by atoms with Crippen LogP contribution in [0, 0.1) is 17.3 Å². The molecular weight excluding hydrogens is 162 g/mol. The molecule has 0 amide bonds. The van der Waals surface area contributed by atoms with Crippen LogP contribution in [0.15, 0.2) is 0 Å². The van der Waals surface area contributed by atoms with E-state index < -0.39 is 5.60 Å². The summed E-state index contributed by atoms with van der Waals surface area (Å²) in [5.41, 5.74) is 5.43. The largest absolute Gasteiger partial charge is 0.389 e. The van der Waals surface area contributed by atoms with Crippen LogP contribution in [0.1, 0.15) is 39.5 Å². The predicted octanol–water partition coefficient (Wildman–Crippen LogP) is 1.52. The molecule has 76 valence electrons. The lowest BCUT2D eigenvalue weighted by atomic mass is 9.77. The first-order valence-corrected chi connectivity index (χ1v) is 5.52. The Morgan fingerprint density at radius 1 is 1.54 bits per heavy atom. The highest BCUT2D eigenvalue weighted by molar-refractivity contribution is 5.15. The van der Waals surface area contributed by atoms with Gasteiger partial charge in [0.2, 0.25) is 0 Å². The molecule has 0 saturated heterocycles. The molecule has 0 bridgehead atoms. The Bertz CT molecular complexity index is 212. The maximum atomic E-state index is 10.6. The van der Waals surface area contributed by atoms with E-state index >= 15 is 0 Å². The zero-order valence-corrected chi connectivity index (χ0v) is 8.71. The second kappa shape index (κ2) is 2.71. The molecule has 3 atom stereocenters. The van der Waals surface area contributed by atoms with Gasteiger partial charge in [-0.2, -0.15) is 0 Å². The molecule has 0 spiro atoms. The van der Waals surface area contributed by atoms with Crippen LogP contribution in [0.3, 0.4) is 0 Å². The van der Waals surface area contributed by atoms with E-state index in [2.05, 4.69) is 13.8 Å². The summed E-state index contributed by atoms with van der Waals surface area (Å²) in [4.78, 5) is 0. The van der Waals surface area contributed by atoms with Crippen molar-refractivity contribution in [3.05, 3.63) is 0 Å². The van der Waals surface area contributed by atoms with Gasteiger partial charge in [0.25, 0.3) is 0 Å². The summed E-state index contributed by atoms with van der Waals surface area (Å²) in [7, 11) is 0. The van der Waals surface area contributed by atoms with Crippen molar-refractivity contribution in [1.82, 2.24) is 0 Å². The molecular formula is C11H21NO. The molecule has 2 heteroatoms. The smallest absolute Gasteiger partial charge is 0.0743 e. The van der Waals surface area contributed by atoms with E-state index in [0.29, 0.717) is 18.4 Å². The molecule has 0 aromatic carbocycles. The number of hydrogen-bond donors (Lipinski definition) is 2. The minimum Gasteiger partial charge on any atom is -0.389 e. The Morgan fingerprint density at radius 2 is 2.08 bits per heavy atom. The molecule has 0 aromatic rings. The molecule has 3 unspecified atom stereocenters. The van der Waals surface area contributed by atoms with Gasteiger partial charge in [-0.1, -0.05) is 13.8 Å². The van der Waals surface area contributed by atoms with Crippen molar-refractivity contribution in [3.8, 4) is 0 Å². The average molecular weight is 183 g/mol. The number of nitrogens with two attached hydrogens (primary N) is 1. The van der Waals surface area contributed by atoms with Crippen molar-refractivity contribution in [1.29, 1.82) is 0 Å². The molecule has 0 heterocycles. The van der Waals surface area contributed by atoms with Crippen LogP contribution < -0.4 is 5.73 Å². The zero-order chi connectivity index (χ0) is 9.69. The summed E-state index contributed by atoms with van der Waals surface area (Å²) in [6.45, 7) is 5.00. The van der Waals surface area contributed by atoms with Crippen molar-refractivity contribution in [2.75, 3.05) is 6.54 Å². The number of hydrogen-bond acceptors (Lipinski definition) is 2. The predicted molar refractivity (Wildman–Crippen MR) is 53.2 cm³/mol. The van der Waals surface area contributed by atoms with Crippen LogP contribution in [0.4, 0.5) is 0 Å². The Labute approximate surface area is 80.5 Å². The van der Waals surface area contributed by atoms with Crippen molar-refractivity contribution in [2.45, 2.75) is 45.1 Å². The molecule has 0 aromatic heterocycles. The molecule has 13 heavy (non-hydrogen) atoms. The minimum atomic E-state index is -0.443. The quantitative estimate of drug-likeness (QED) is 0.694. The van der Waals surface area contributed by atoms with Gasteiger partial charge in [0.1, 0.15) is 0 Å². The maximum absolute atomic E-state index is 10.6. The highest BCUT2D eigenvalue weighted by atomic mass is 16.3. The van der Waals surface area contributed by atoms with E-state index in [-0.39, 0.29) is 5.41 Å². The topological polar surface area (TPSA) is 46.2 Å². The van der Waals surface area contributed by atoms with Gasteiger partial charge < -0.3 is 10.8 Å². The molecule has 2 aliphatic rings. The van der Waals surface area contributed by atoms with E-state index in [1.807, 2.05) is 0 Å². The average Bonchev–Trinajstić information content (AvgIpc) is 2.98. The van der Waals surface area contributed by atoms with Gasteiger partial charge in [0, 0.05) is 12.0 Å². The van der Waals surface area contributed by atoms with E-state index in [9.17, 15) is 5.11 Å². The van der Waals surface area contributed by atoms with Crippen LogP contribution in [0.25, 0.3) is 0 Å². The third-order valence-corrected chi connectivity index (χ3v) is 4.42. The summed E-state index contributed by atoms with van der Waals surface area (Å²) in [6.07, 6.45) is 4.35. The van der Waals surface area contributed by atoms with Crippen LogP contribution in [-0.4, -0.2) is 17.3 Å². The van der Waals surface area contributed by atoms with Gasteiger partial charge >= 0.3 is 0 Å². The molecule has 2 aliphatic carbocycles. The Kier molecular flexibility index (Phi) is 1.97. The van der Waals surface area contributed by atoms with Gasteiger partial charge in [-0.25, -0.2) is 0 Å². The summed E-state index contributed by atoms with van der Waals surface area (Å²) in [5.74, 6) is 1.25. The first-order valence-electron chi connectivity index (χ1n) is 5.52. The molecule has 2 saturated carbocycles. The van der Waals surface area contributed by atoms with E-state index in [0.717, 1.165) is 19.3 Å².